The average Bonchev–Trinajstić information content (AvgIpc) is 2.44. The number of ether oxygens (including phenoxy) is 1. The molecule has 2 heterocycles. The molecule has 2 aromatic rings. The Morgan fingerprint density at radius 3 is 2.90 bits per heavy atom. The molecule has 0 atom stereocenters. The zero-order chi connectivity index (χ0) is 14.2. The van der Waals surface area contributed by atoms with Gasteiger partial charge in [-0.2, -0.15) is 0 Å². The van der Waals surface area contributed by atoms with Gasteiger partial charge in [0.2, 0.25) is 0 Å². The van der Waals surface area contributed by atoms with Gasteiger partial charge in [-0.05, 0) is 26.0 Å². The summed E-state index contributed by atoms with van der Waals surface area (Å²) in [7, 11) is 0. The highest BCUT2D eigenvalue weighted by molar-refractivity contribution is 5.91. The molecule has 1 aliphatic heterocycles. The zero-order valence-corrected chi connectivity index (χ0v) is 11.8. The van der Waals surface area contributed by atoms with Crippen LogP contribution in [0.25, 0.3) is 10.9 Å². The van der Waals surface area contributed by atoms with Crippen molar-refractivity contribution < 1.29 is 9.53 Å². The fraction of sp³-hybridized carbons (Fsp3) is 0.375. The van der Waals surface area contributed by atoms with Crippen molar-refractivity contribution in [2.45, 2.75) is 19.4 Å². The molecule has 4 nitrogen and oxygen atoms in total. The van der Waals surface area contributed by atoms with E-state index in [1.807, 2.05) is 30.3 Å². The molecule has 1 saturated heterocycles. The second-order valence-corrected chi connectivity index (χ2v) is 5.74. The molecule has 0 radical (unpaired) electrons. The summed E-state index contributed by atoms with van der Waals surface area (Å²) >= 11 is 0. The van der Waals surface area contributed by atoms with Crippen LogP contribution in [-0.2, 0) is 4.74 Å². The van der Waals surface area contributed by atoms with Gasteiger partial charge in [0.25, 0.3) is 0 Å². The van der Waals surface area contributed by atoms with Crippen LogP contribution in [-0.4, -0.2) is 36.6 Å². The standard InChI is InChI=1S/C16H18N2O2/c1-16(2)11-18(7-8-20-16)15-13(10-19)9-12-5-3-4-6-14(12)17-15/h3-6,9-10H,7-8,11H2,1-2H3. The molecule has 1 aliphatic rings. The highest BCUT2D eigenvalue weighted by Crippen LogP contribution is 2.26. The van der Waals surface area contributed by atoms with Gasteiger partial charge in [-0.25, -0.2) is 4.98 Å². The van der Waals surface area contributed by atoms with Crippen molar-refractivity contribution in [2.75, 3.05) is 24.6 Å². The number of anilines is 1. The summed E-state index contributed by atoms with van der Waals surface area (Å²) in [6.07, 6.45) is 0.886. The third-order valence-corrected chi connectivity index (χ3v) is 3.58. The first-order valence-corrected chi connectivity index (χ1v) is 6.83. The van der Waals surface area contributed by atoms with Gasteiger partial charge in [0.05, 0.1) is 23.3 Å². The van der Waals surface area contributed by atoms with E-state index in [0.717, 1.165) is 36.1 Å². The van der Waals surface area contributed by atoms with E-state index < -0.39 is 0 Å². The molecule has 0 aliphatic carbocycles. The van der Waals surface area contributed by atoms with E-state index in [2.05, 4.69) is 23.7 Å². The number of benzene rings is 1. The van der Waals surface area contributed by atoms with Gasteiger partial charge in [-0.15, -0.1) is 0 Å². The molecule has 104 valence electrons. The normalized spacial score (nSPS) is 18.2. The van der Waals surface area contributed by atoms with Crippen LogP contribution in [0.2, 0.25) is 0 Å². The fourth-order valence-corrected chi connectivity index (χ4v) is 2.66. The van der Waals surface area contributed by atoms with E-state index in [1.54, 1.807) is 0 Å². The molecule has 1 fully saturated rings. The number of morpholine rings is 1. The Morgan fingerprint density at radius 1 is 1.35 bits per heavy atom. The van der Waals surface area contributed by atoms with Crippen molar-refractivity contribution in [3.05, 3.63) is 35.9 Å². The number of carbonyl (C=O) groups excluding carboxylic acids is 1. The highest BCUT2D eigenvalue weighted by Gasteiger charge is 2.29. The van der Waals surface area contributed by atoms with Crippen molar-refractivity contribution in [1.29, 1.82) is 0 Å². The molecule has 0 unspecified atom stereocenters. The Balaban J connectivity index is 2.07. The van der Waals surface area contributed by atoms with Gasteiger partial charge < -0.3 is 9.64 Å². The number of hydrogen-bond donors (Lipinski definition) is 0. The largest absolute Gasteiger partial charge is 0.372 e. The Morgan fingerprint density at radius 2 is 2.15 bits per heavy atom. The molecule has 1 aromatic carbocycles. The highest BCUT2D eigenvalue weighted by atomic mass is 16.5. The first-order valence-electron chi connectivity index (χ1n) is 6.83. The van der Waals surface area contributed by atoms with Crippen LogP contribution in [0.15, 0.2) is 30.3 Å². The van der Waals surface area contributed by atoms with Gasteiger partial charge >= 0.3 is 0 Å². The van der Waals surface area contributed by atoms with Crippen LogP contribution in [0.5, 0.6) is 0 Å². The number of aromatic nitrogens is 1. The first-order chi connectivity index (χ1) is 9.59. The second kappa shape index (κ2) is 4.87. The van der Waals surface area contributed by atoms with Crippen LogP contribution >= 0.6 is 0 Å². The molecule has 0 spiro atoms. The predicted octanol–water partition coefficient (Wildman–Crippen LogP) is 2.66. The maximum absolute atomic E-state index is 11.4. The number of carbonyl (C=O) groups is 1. The van der Waals surface area contributed by atoms with E-state index in [1.165, 1.54) is 0 Å². The molecular formula is C16H18N2O2. The zero-order valence-electron chi connectivity index (χ0n) is 11.8. The van der Waals surface area contributed by atoms with Crippen LogP contribution in [0.1, 0.15) is 24.2 Å². The first kappa shape index (κ1) is 13.1. The molecule has 0 N–H and O–H groups in total. The van der Waals surface area contributed by atoms with Crippen LogP contribution < -0.4 is 4.90 Å². The minimum atomic E-state index is -0.217. The van der Waals surface area contributed by atoms with Crippen LogP contribution in [0, 0.1) is 0 Å². The molecule has 3 rings (SSSR count). The lowest BCUT2D eigenvalue weighted by molar-refractivity contribution is -0.0279. The Bertz CT molecular complexity index is 652. The number of aldehydes is 1. The average molecular weight is 270 g/mol. The van der Waals surface area contributed by atoms with E-state index >= 15 is 0 Å². The molecule has 0 bridgehead atoms. The predicted molar refractivity (Wildman–Crippen MR) is 79.4 cm³/mol. The lowest BCUT2D eigenvalue weighted by Crippen LogP contribution is -2.49. The lowest BCUT2D eigenvalue weighted by atomic mass is 10.1. The maximum Gasteiger partial charge on any atom is 0.153 e. The van der Waals surface area contributed by atoms with Crippen molar-refractivity contribution in [1.82, 2.24) is 4.98 Å². The van der Waals surface area contributed by atoms with E-state index in [0.29, 0.717) is 12.2 Å². The Labute approximate surface area is 118 Å². The quantitative estimate of drug-likeness (QED) is 0.787. The number of hydrogen-bond acceptors (Lipinski definition) is 4. The van der Waals surface area contributed by atoms with Gasteiger partial charge in [0.15, 0.2) is 6.29 Å². The van der Waals surface area contributed by atoms with Crippen LogP contribution in [0.4, 0.5) is 5.82 Å². The molecular weight excluding hydrogens is 252 g/mol. The molecule has 1 aromatic heterocycles. The summed E-state index contributed by atoms with van der Waals surface area (Å²) in [5.41, 5.74) is 1.34. The van der Waals surface area contributed by atoms with E-state index in [4.69, 9.17) is 4.74 Å². The fourth-order valence-electron chi connectivity index (χ4n) is 2.66. The minimum Gasteiger partial charge on any atom is -0.372 e. The van der Waals surface area contributed by atoms with Gasteiger partial charge in [0.1, 0.15) is 5.82 Å². The Hall–Kier alpha value is -1.94. The number of para-hydroxylation sites is 1. The van der Waals surface area contributed by atoms with E-state index in [-0.39, 0.29) is 5.60 Å². The smallest absolute Gasteiger partial charge is 0.153 e. The van der Waals surface area contributed by atoms with Crippen molar-refractivity contribution in [2.24, 2.45) is 0 Å². The van der Waals surface area contributed by atoms with Gasteiger partial charge in [-0.3, -0.25) is 4.79 Å². The lowest BCUT2D eigenvalue weighted by Gasteiger charge is -2.39. The maximum atomic E-state index is 11.4. The van der Waals surface area contributed by atoms with Crippen LogP contribution in [0.3, 0.4) is 0 Å². The molecule has 0 saturated carbocycles. The minimum absolute atomic E-state index is 0.217. The van der Waals surface area contributed by atoms with Gasteiger partial charge in [0, 0.05) is 18.5 Å². The monoisotopic (exact) mass is 270 g/mol. The molecule has 0 amide bonds. The number of rotatable bonds is 2. The third kappa shape index (κ3) is 2.39. The number of fused-ring (bicyclic) bond motifs is 1. The van der Waals surface area contributed by atoms with Crippen molar-refractivity contribution in [3.8, 4) is 0 Å². The van der Waals surface area contributed by atoms with E-state index in [9.17, 15) is 4.79 Å². The number of pyridine rings is 1. The summed E-state index contributed by atoms with van der Waals surface area (Å²) in [6.45, 7) is 6.26. The summed E-state index contributed by atoms with van der Waals surface area (Å²) in [6, 6.07) is 9.77. The third-order valence-electron chi connectivity index (χ3n) is 3.58. The molecule has 4 heteroatoms. The summed E-state index contributed by atoms with van der Waals surface area (Å²) < 4.78 is 5.72. The number of nitrogens with zero attached hydrogens (tertiary/aromatic N) is 2. The summed E-state index contributed by atoms with van der Waals surface area (Å²) in [5, 5.41) is 0.992. The Kier molecular flexibility index (Phi) is 3.18. The SMILES string of the molecule is CC1(C)CN(c2nc3ccccc3cc2C=O)CCO1. The molecule has 20 heavy (non-hydrogen) atoms. The summed E-state index contributed by atoms with van der Waals surface area (Å²) in [4.78, 5) is 18.2. The van der Waals surface area contributed by atoms with Crippen molar-refractivity contribution >= 4 is 23.0 Å². The van der Waals surface area contributed by atoms with Gasteiger partial charge in [-0.1, -0.05) is 18.2 Å². The second-order valence-electron chi connectivity index (χ2n) is 5.74. The summed E-state index contributed by atoms with van der Waals surface area (Å²) in [5.74, 6) is 0.759. The topological polar surface area (TPSA) is 42.4 Å². The van der Waals surface area contributed by atoms with Crippen molar-refractivity contribution in [3.63, 3.8) is 0 Å².